The first kappa shape index (κ1) is 20.3. The van der Waals surface area contributed by atoms with E-state index >= 15 is 0 Å². The number of fused-ring (bicyclic) bond motifs is 1. The van der Waals surface area contributed by atoms with Gasteiger partial charge >= 0.3 is 0 Å². The van der Waals surface area contributed by atoms with Crippen LogP contribution in [0.5, 0.6) is 0 Å². The summed E-state index contributed by atoms with van der Waals surface area (Å²) in [6.07, 6.45) is 8.03. The molecule has 158 valence electrons. The molecule has 1 aromatic carbocycles. The normalized spacial score (nSPS) is 21.2. The van der Waals surface area contributed by atoms with Crippen LogP contribution in [-0.4, -0.2) is 50.2 Å². The third kappa shape index (κ3) is 4.33. The first-order valence-corrected chi connectivity index (χ1v) is 12.1. The fraction of sp³-hybridized carbons (Fsp3) is 0.619. The van der Waals surface area contributed by atoms with E-state index in [2.05, 4.69) is 5.32 Å². The number of rotatable bonds is 5. The Morgan fingerprint density at radius 2 is 1.76 bits per heavy atom. The lowest BCUT2D eigenvalue weighted by molar-refractivity contribution is -0.124. The molecule has 4 rings (SSSR count). The van der Waals surface area contributed by atoms with Crippen LogP contribution in [0.3, 0.4) is 0 Å². The number of nitrogens with one attached hydrogen (secondary N) is 1. The molecule has 0 unspecified atom stereocenters. The van der Waals surface area contributed by atoms with E-state index in [1.807, 2.05) is 0 Å². The van der Waals surface area contributed by atoms with Crippen molar-refractivity contribution in [3.8, 4) is 0 Å². The van der Waals surface area contributed by atoms with Gasteiger partial charge in [-0.25, -0.2) is 8.42 Å². The van der Waals surface area contributed by atoms with Crippen molar-refractivity contribution in [3.05, 3.63) is 23.8 Å². The zero-order valence-electron chi connectivity index (χ0n) is 16.7. The average Bonchev–Trinajstić information content (AvgIpc) is 3.26. The summed E-state index contributed by atoms with van der Waals surface area (Å²) in [5.74, 6) is -0.238. The van der Waals surface area contributed by atoms with Crippen LogP contribution in [0.2, 0.25) is 0 Å². The van der Waals surface area contributed by atoms with Crippen molar-refractivity contribution in [1.29, 1.82) is 0 Å². The van der Waals surface area contributed by atoms with E-state index in [4.69, 9.17) is 0 Å². The summed E-state index contributed by atoms with van der Waals surface area (Å²) in [7, 11) is -3.49. The Kier molecular flexibility index (Phi) is 5.92. The van der Waals surface area contributed by atoms with Crippen molar-refractivity contribution in [2.45, 2.75) is 68.7 Å². The summed E-state index contributed by atoms with van der Waals surface area (Å²) in [4.78, 5) is 26.8. The number of amides is 2. The van der Waals surface area contributed by atoms with E-state index in [0.717, 1.165) is 44.1 Å². The zero-order valence-corrected chi connectivity index (χ0v) is 17.5. The van der Waals surface area contributed by atoms with Gasteiger partial charge in [-0.15, -0.1) is 0 Å². The molecule has 3 aliphatic rings. The highest BCUT2D eigenvalue weighted by atomic mass is 32.2. The van der Waals surface area contributed by atoms with E-state index in [-0.39, 0.29) is 35.7 Å². The predicted octanol–water partition coefficient (Wildman–Crippen LogP) is 2.20. The maximum absolute atomic E-state index is 12.8. The van der Waals surface area contributed by atoms with Gasteiger partial charge in [0.05, 0.1) is 4.90 Å². The molecule has 0 aromatic heterocycles. The molecular weight excluding hydrogens is 390 g/mol. The highest BCUT2D eigenvalue weighted by Crippen LogP contribution is 2.31. The number of carbonyl (C=O) groups is 2. The minimum atomic E-state index is -3.49. The summed E-state index contributed by atoms with van der Waals surface area (Å²) in [6.45, 7) is 1.11. The summed E-state index contributed by atoms with van der Waals surface area (Å²) < 4.78 is 27.2. The van der Waals surface area contributed by atoms with Crippen molar-refractivity contribution in [3.63, 3.8) is 0 Å². The second kappa shape index (κ2) is 8.44. The lowest BCUT2D eigenvalue weighted by atomic mass is 9.95. The van der Waals surface area contributed by atoms with Gasteiger partial charge in [0.15, 0.2) is 0 Å². The molecule has 7 nitrogen and oxygen atoms in total. The van der Waals surface area contributed by atoms with Crippen molar-refractivity contribution in [2.75, 3.05) is 24.5 Å². The number of hydrogen-bond donors (Lipinski definition) is 1. The van der Waals surface area contributed by atoms with Gasteiger partial charge in [0.1, 0.15) is 6.54 Å². The lowest BCUT2D eigenvalue weighted by Gasteiger charge is -2.30. The second-order valence-electron chi connectivity index (χ2n) is 8.28. The summed E-state index contributed by atoms with van der Waals surface area (Å²) in [5, 5.41) is 3.05. The van der Waals surface area contributed by atoms with Crippen molar-refractivity contribution in [2.24, 2.45) is 0 Å². The Hall–Kier alpha value is -1.93. The highest BCUT2D eigenvalue weighted by molar-refractivity contribution is 7.89. The van der Waals surface area contributed by atoms with E-state index in [9.17, 15) is 18.0 Å². The molecule has 8 heteroatoms. The van der Waals surface area contributed by atoms with Crippen LogP contribution in [0.4, 0.5) is 5.69 Å². The average molecular weight is 420 g/mol. The molecule has 2 aliphatic heterocycles. The van der Waals surface area contributed by atoms with Crippen LogP contribution >= 0.6 is 0 Å². The maximum Gasteiger partial charge on any atom is 0.243 e. The molecule has 1 N–H and O–H groups in total. The molecule has 0 radical (unpaired) electrons. The van der Waals surface area contributed by atoms with Crippen molar-refractivity contribution >= 4 is 27.5 Å². The first-order chi connectivity index (χ1) is 13.9. The van der Waals surface area contributed by atoms with Gasteiger partial charge in [-0.2, -0.15) is 4.31 Å². The minimum absolute atomic E-state index is 0.0133. The SMILES string of the molecule is O=C(CN1C(=O)CCc2cc(S(=O)(=O)N3CCCC3)ccc21)NC1CCCCC1. The highest BCUT2D eigenvalue weighted by Gasteiger charge is 2.31. The Morgan fingerprint density at radius 1 is 1.03 bits per heavy atom. The van der Waals surface area contributed by atoms with Crippen molar-refractivity contribution in [1.82, 2.24) is 9.62 Å². The quantitative estimate of drug-likeness (QED) is 0.793. The summed E-state index contributed by atoms with van der Waals surface area (Å²) in [5.41, 5.74) is 1.47. The van der Waals surface area contributed by atoms with Crippen LogP contribution < -0.4 is 10.2 Å². The molecule has 0 spiro atoms. The second-order valence-corrected chi connectivity index (χ2v) is 10.2. The fourth-order valence-electron chi connectivity index (χ4n) is 4.61. The standard InChI is InChI=1S/C21H29N3O4S/c25-20(22-17-6-2-1-3-7-17)15-24-19-10-9-18(14-16(19)8-11-21(24)26)29(27,28)23-12-4-5-13-23/h9-10,14,17H,1-8,11-13,15H2,(H,22,25). The maximum atomic E-state index is 12.8. The number of hydrogen-bond acceptors (Lipinski definition) is 4. The lowest BCUT2D eigenvalue weighted by Crippen LogP contribution is -2.46. The van der Waals surface area contributed by atoms with Crippen LogP contribution in [0.1, 0.15) is 56.9 Å². The molecule has 0 bridgehead atoms. The number of aryl methyl sites for hydroxylation is 1. The van der Waals surface area contributed by atoms with Gasteiger partial charge in [-0.05, 0) is 55.9 Å². The Morgan fingerprint density at radius 3 is 2.48 bits per heavy atom. The third-order valence-corrected chi connectivity index (χ3v) is 8.12. The molecule has 1 saturated carbocycles. The van der Waals surface area contributed by atoms with Gasteiger partial charge in [-0.3, -0.25) is 9.59 Å². The Bertz CT molecular complexity index is 887. The molecule has 2 amide bonds. The van der Waals surface area contributed by atoms with Gasteiger partial charge in [0.25, 0.3) is 0 Å². The molecule has 0 atom stereocenters. The Labute approximate surface area is 172 Å². The number of carbonyl (C=O) groups excluding carboxylic acids is 2. The van der Waals surface area contributed by atoms with Gasteiger partial charge < -0.3 is 10.2 Å². The van der Waals surface area contributed by atoms with E-state index in [1.165, 1.54) is 15.6 Å². The van der Waals surface area contributed by atoms with Crippen LogP contribution in [0.25, 0.3) is 0 Å². The molecule has 29 heavy (non-hydrogen) atoms. The zero-order chi connectivity index (χ0) is 20.4. The van der Waals surface area contributed by atoms with E-state index in [1.54, 1.807) is 18.2 Å². The largest absolute Gasteiger partial charge is 0.352 e. The molecule has 2 fully saturated rings. The minimum Gasteiger partial charge on any atom is -0.352 e. The monoisotopic (exact) mass is 419 g/mol. The Balaban J connectivity index is 1.51. The smallest absolute Gasteiger partial charge is 0.243 e. The van der Waals surface area contributed by atoms with Crippen LogP contribution in [0, 0.1) is 0 Å². The third-order valence-electron chi connectivity index (χ3n) is 6.23. The molecule has 2 heterocycles. The van der Waals surface area contributed by atoms with Crippen LogP contribution in [-0.2, 0) is 26.0 Å². The summed E-state index contributed by atoms with van der Waals surface area (Å²) in [6, 6.07) is 5.13. The molecule has 1 aromatic rings. The summed E-state index contributed by atoms with van der Waals surface area (Å²) >= 11 is 0. The first-order valence-electron chi connectivity index (χ1n) is 10.7. The number of anilines is 1. The number of benzene rings is 1. The molecule has 1 aliphatic carbocycles. The topological polar surface area (TPSA) is 86.8 Å². The van der Waals surface area contributed by atoms with Crippen molar-refractivity contribution < 1.29 is 18.0 Å². The van der Waals surface area contributed by atoms with Gasteiger partial charge in [0.2, 0.25) is 21.8 Å². The predicted molar refractivity (Wildman–Crippen MR) is 110 cm³/mol. The van der Waals surface area contributed by atoms with Gasteiger partial charge in [0, 0.05) is 31.2 Å². The number of nitrogens with zero attached hydrogens (tertiary/aromatic N) is 2. The van der Waals surface area contributed by atoms with E-state index < -0.39 is 10.0 Å². The number of sulfonamides is 1. The molecular formula is C21H29N3O4S. The van der Waals surface area contributed by atoms with E-state index in [0.29, 0.717) is 25.2 Å². The molecule has 1 saturated heterocycles. The van der Waals surface area contributed by atoms with Crippen LogP contribution in [0.15, 0.2) is 23.1 Å². The fourth-order valence-corrected chi connectivity index (χ4v) is 6.18. The van der Waals surface area contributed by atoms with Gasteiger partial charge in [-0.1, -0.05) is 19.3 Å².